The van der Waals surface area contributed by atoms with Crippen LogP contribution in [0, 0.1) is 11.8 Å². The molecule has 2 atom stereocenters. The fourth-order valence-electron chi connectivity index (χ4n) is 3.75. The van der Waals surface area contributed by atoms with Crippen molar-refractivity contribution in [2.45, 2.75) is 90.9 Å². The highest BCUT2D eigenvalue weighted by Crippen LogP contribution is 2.37. The Hall–Kier alpha value is -1.37. The van der Waals surface area contributed by atoms with Crippen molar-refractivity contribution in [3.8, 4) is 0 Å². The van der Waals surface area contributed by atoms with Gasteiger partial charge < -0.3 is 4.74 Å². The lowest BCUT2D eigenvalue weighted by Gasteiger charge is -2.27. The molecule has 0 amide bonds. The van der Waals surface area contributed by atoms with Crippen LogP contribution in [0.1, 0.15) is 72.3 Å². The van der Waals surface area contributed by atoms with Gasteiger partial charge in [0.15, 0.2) is 0 Å². The number of hydrogen-bond donors (Lipinski definition) is 0. The molecular weight excluding hydrogens is 377 g/mol. The van der Waals surface area contributed by atoms with Crippen LogP contribution < -0.4 is 0 Å². The third kappa shape index (κ3) is 7.40. The minimum atomic E-state index is -0.355. The molecule has 5 nitrogen and oxygen atoms in total. The second-order valence-corrected chi connectivity index (χ2v) is 9.68. The molecule has 0 unspecified atom stereocenters. The van der Waals surface area contributed by atoms with Gasteiger partial charge >= 0.3 is 5.97 Å². The molecule has 0 aliphatic carbocycles. The molecule has 6 heteroatoms. The molecule has 1 aromatic carbocycles. The second kappa shape index (κ2) is 11.3. The Labute approximate surface area is 183 Å². The van der Waals surface area contributed by atoms with Crippen LogP contribution in [0.15, 0.2) is 30.3 Å². The molecule has 2 rings (SSSR count). The average molecular weight is 417 g/mol. The summed E-state index contributed by atoms with van der Waals surface area (Å²) in [7, 11) is 2.19. The maximum atomic E-state index is 12.8. The molecule has 1 aliphatic rings. The van der Waals surface area contributed by atoms with E-state index in [1.807, 2.05) is 58.0 Å². The van der Waals surface area contributed by atoms with Crippen LogP contribution in [-0.4, -0.2) is 36.8 Å². The third-order valence-electron chi connectivity index (χ3n) is 6.28. The van der Waals surface area contributed by atoms with E-state index in [2.05, 4.69) is 14.8 Å². The summed E-state index contributed by atoms with van der Waals surface area (Å²) < 4.78 is 5.66. The molecule has 0 spiro atoms. The molecule has 1 saturated heterocycles. The van der Waals surface area contributed by atoms with Crippen LogP contribution in [0.5, 0.6) is 0 Å². The van der Waals surface area contributed by atoms with Gasteiger partial charge in [0.1, 0.15) is 25.7 Å². The lowest BCUT2D eigenvalue weighted by molar-refractivity contribution is -0.328. The first-order valence-electron chi connectivity index (χ1n) is 11.5. The number of carbonyl (C=O) groups is 1. The fourth-order valence-corrected chi connectivity index (χ4v) is 3.75. The van der Waals surface area contributed by atoms with E-state index in [1.165, 1.54) is 0 Å². The Bertz CT molecular complexity index is 634. The zero-order valence-corrected chi connectivity index (χ0v) is 19.8. The van der Waals surface area contributed by atoms with Crippen LogP contribution in [0.2, 0.25) is 6.32 Å². The summed E-state index contributed by atoms with van der Waals surface area (Å²) in [5.74, 6) is 0.400. The van der Waals surface area contributed by atoms with Crippen molar-refractivity contribution in [1.29, 1.82) is 0 Å². The summed E-state index contributed by atoms with van der Waals surface area (Å²) in [6.07, 6.45) is 5.86. The van der Waals surface area contributed by atoms with E-state index in [9.17, 15) is 4.79 Å². The lowest BCUT2D eigenvalue weighted by Crippen LogP contribution is -2.41. The Morgan fingerprint density at radius 3 is 2.30 bits per heavy atom. The molecule has 0 bridgehead atoms. The fraction of sp³-hybridized carbons (Fsp3) is 0.708. The van der Waals surface area contributed by atoms with Crippen LogP contribution in [0.25, 0.3) is 0 Å². The molecule has 0 saturated carbocycles. The second-order valence-electron chi connectivity index (χ2n) is 9.68. The Morgan fingerprint density at radius 2 is 1.70 bits per heavy atom. The largest absolute Gasteiger partial charge is 0.461 e. The molecule has 0 aromatic heterocycles. The van der Waals surface area contributed by atoms with Crippen LogP contribution >= 0.6 is 0 Å². The summed E-state index contributed by atoms with van der Waals surface area (Å²) in [6.45, 7) is 11.4. The highest BCUT2D eigenvalue weighted by Gasteiger charge is 2.49. The van der Waals surface area contributed by atoms with E-state index < -0.39 is 0 Å². The zero-order chi connectivity index (χ0) is 22.2. The Balaban J connectivity index is 1.81. The van der Waals surface area contributed by atoms with Gasteiger partial charge in [-0.15, -0.1) is 0 Å². The average Bonchev–Trinajstić information content (AvgIpc) is 2.89. The number of hydrogen-bond acceptors (Lipinski definition) is 5. The first-order chi connectivity index (χ1) is 14.1. The summed E-state index contributed by atoms with van der Waals surface area (Å²) in [5.41, 5.74) is 0.318. The minimum absolute atomic E-state index is 0.0523. The topological polar surface area (TPSA) is 48.0 Å². The van der Waals surface area contributed by atoms with Crippen LogP contribution in [0.3, 0.4) is 0 Å². The number of ether oxygens (including phenoxy) is 1. The van der Waals surface area contributed by atoms with E-state index in [1.54, 1.807) is 5.23 Å². The molecule has 1 aromatic rings. The smallest absolute Gasteiger partial charge is 0.309 e. The van der Waals surface area contributed by atoms with Crippen molar-refractivity contribution in [3.05, 3.63) is 35.9 Å². The lowest BCUT2D eigenvalue weighted by atomic mass is 9.86. The Morgan fingerprint density at radius 1 is 1.07 bits per heavy atom. The normalized spacial score (nSPS) is 20.0. The maximum Gasteiger partial charge on any atom is 0.309 e. The molecule has 1 fully saturated rings. The quantitative estimate of drug-likeness (QED) is 0.280. The third-order valence-corrected chi connectivity index (χ3v) is 6.28. The molecular formula is C24H40BNO4. The van der Waals surface area contributed by atoms with Gasteiger partial charge in [0.25, 0.3) is 0 Å². The van der Waals surface area contributed by atoms with Gasteiger partial charge in [-0.2, -0.15) is 0 Å². The highest BCUT2D eigenvalue weighted by molar-refractivity contribution is 6.08. The SMILES string of the molecule is BCC[C@H](C)C[C@H](CCCCN1OC(C)(C)C(C)(C)O1)C(=O)OCc1ccccc1. The van der Waals surface area contributed by atoms with Crippen molar-refractivity contribution in [1.82, 2.24) is 5.23 Å². The first-order valence-corrected chi connectivity index (χ1v) is 11.5. The molecule has 1 heterocycles. The number of carbonyl (C=O) groups excluding carboxylic acids is 1. The molecule has 168 valence electrons. The first kappa shape index (κ1) is 24.9. The number of esters is 1. The van der Waals surface area contributed by atoms with E-state index >= 15 is 0 Å². The molecule has 1 aliphatic heterocycles. The van der Waals surface area contributed by atoms with Gasteiger partial charge in [0.05, 0.1) is 12.5 Å². The molecule has 0 N–H and O–H groups in total. The number of nitrogens with zero attached hydrogens (tertiary/aromatic N) is 1. The molecule has 0 radical (unpaired) electrons. The van der Waals surface area contributed by atoms with Crippen LogP contribution in [0.4, 0.5) is 0 Å². The summed E-state index contributed by atoms with van der Waals surface area (Å²) >= 11 is 0. The van der Waals surface area contributed by atoms with Crippen LogP contribution in [-0.2, 0) is 25.8 Å². The van der Waals surface area contributed by atoms with Crippen molar-refractivity contribution in [3.63, 3.8) is 0 Å². The predicted octanol–water partition coefficient (Wildman–Crippen LogP) is 4.72. The van der Waals surface area contributed by atoms with Crippen molar-refractivity contribution in [2.24, 2.45) is 11.8 Å². The monoisotopic (exact) mass is 417 g/mol. The van der Waals surface area contributed by atoms with Gasteiger partial charge in [0.2, 0.25) is 0 Å². The summed E-state index contributed by atoms with van der Waals surface area (Å²) in [6, 6.07) is 9.88. The summed E-state index contributed by atoms with van der Waals surface area (Å²) in [4.78, 5) is 24.6. The van der Waals surface area contributed by atoms with Gasteiger partial charge in [-0.05, 0) is 58.4 Å². The maximum absolute atomic E-state index is 12.8. The minimum Gasteiger partial charge on any atom is -0.461 e. The Kier molecular flexibility index (Phi) is 9.39. The van der Waals surface area contributed by atoms with Gasteiger partial charge in [-0.3, -0.25) is 14.5 Å². The number of rotatable bonds is 12. The van der Waals surface area contributed by atoms with Crippen molar-refractivity contribution >= 4 is 13.8 Å². The predicted molar refractivity (Wildman–Crippen MR) is 122 cm³/mol. The van der Waals surface area contributed by atoms with E-state index in [4.69, 9.17) is 14.4 Å². The highest BCUT2D eigenvalue weighted by atomic mass is 17.0. The summed E-state index contributed by atoms with van der Waals surface area (Å²) in [5, 5.41) is 1.61. The van der Waals surface area contributed by atoms with Crippen molar-refractivity contribution < 1.29 is 19.2 Å². The number of unbranched alkanes of at least 4 members (excludes halogenated alkanes) is 1. The van der Waals surface area contributed by atoms with E-state index in [-0.39, 0.29) is 23.1 Å². The number of hydroxylamine groups is 2. The zero-order valence-electron chi connectivity index (χ0n) is 19.8. The van der Waals surface area contributed by atoms with E-state index in [0.29, 0.717) is 19.1 Å². The van der Waals surface area contributed by atoms with Gasteiger partial charge in [0, 0.05) is 0 Å². The van der Waals surface area contributed by atoms with Gasteiger partial charge in [-0.1, -0.05) is 61.6 Å². The van der Waals surface area contributed by atoms with Crippen molar-refractivity contribution in [2.75, 3.05) is 6.54 Å². The number of benzene rings is 1. The van der Waals surface area contributed by atoms with E-state index in [0.717, 1.165) is 44.0 Å². The molecule has 30 heavy (non-hydrogen) atoms. The van der Waals surface area contributed by atoms with Gasteiger partial charge in [-0.25, -0.2) is 0 Å². The standard InChI is InChI=1S/C24H40BNO4/c1-19(14-15-25)17-21(22(27)28-18-20-11-7-6-8-12-20)13-9-10-16-26-29-23(2,3)24(4,5)30-26/h6-8,11-12,19,21H,9-10,13-18,25H2,1-5H3/t19-,21-/m0/s1.